The number of hydrogen-bond donors (Lipinski definition) is 1. The van der Waals surface area contributed by atoms with Crippen LogP contribution >= 0.6 is 11.3 Å². The average Bonchev–Trinajstić information content (AvgIpc) is 3.26. The molecule has 3 aromatic rings. The first-order valence-corrected chi connectivity index (χ1v) is 11.8. The Balaban J connectivity index is 1.71. The summed E-state index contributed by atoms with van der Waals surface area (Å²) in [5, 5.41) is 5.14. The van der Waals surface area contributed by atoms with Crippen LogP contribution < -0.4 is 19.5 Å². The smallest absolute Gasteiger partial charge is 0.341 e. The van der Waals surface area contributed by atoms with E-state index >= 15 is 0 Å². The molecular weight excluding hydrogens is 454 g/mol. The second kappa shape index (κ2) is 12.1. The Kier molecular flexibility index (Phi) is 8.93. The van der Waals surface area contributed by atoms with Gasteiger partial charge in [0, 0.05) is 17.4 Å². The van der Waals surface area contributed by atoms with Crippen LogP contribution in [0.4, 0.5) is 5.00 Å². The van der Waals surface area contributed by atoms with Crippen LogP contribution in [0.25, 0.3) is 11.1 Å². The van der Waals surface area contributed by atoms with Crippen LogP contribution in [0.1, 0.15) is 35.7 Å². The molecule has 8 heteroatoms. The maximum Gasteiger partial charge on any atom is 0.341 e. The Morgan fingerprint density at radius 1 is 1.00 bits per heavy atom. The lowest BCUT2D eigenvalue weighted by Gasteiger charge is -2.11. The van der Waals surface area contributed by atoms with Gasteiger partial charge in [0.2, 0.25) is 5.91 Å². The highest BCUT2D eigenvalue weighted by molar-refractivity contribution is 7.15. The molecule has 0 bridgehead atoms. The highest BCUT2D eigenvalue weighted by Crippen LogP contribution is 2.39. The molecule has 1 amide bonds. The first-order chi connectivity index (χ1) is 16.5. The molecular formula is C26H29NO6S. The molecule has 0 unspecified atom stereocenters. The van der Waals surface area contributed by atoms with Crippen LogP contribution in [0.5, 0.6) is 17.2 Å². The Morgan fingerprint density at radius 3 is 2.41 bits per heavy atom. The van der Waals surface area contributed by atoms with Gasteiger partial charge in [-0.3, -0.25) is 4.79 Å². The lowest BCUT2D eigenvalue weighted by Crippen LogP contribution is -2.15. The van der Waals surface area contributed by atoms with E-state index in [1.807, 2.05) is 42.6 Å². The standard InChI is InChI=1S/C26H29NO6S/c1-5-32-26(29)24-20(18-10-13-21(30-3)22(15-18)31-4)16-34-25(24)27-23(28)7-6-14-33-19-11-8-17(2)9-12-19/h8-13,15-16H,5-7,14H2,1-4H3,(H,27,28). The summed E-state index contributed by atoms with van der Waals surface area (Å²) in [6.07, 6.45) is 0.806. The molecule has 1 N–H and O–H groups in total. The number of ether oxygens (including phenoxy) is 4. The molecule has 1 aromatic heterocycles. The van der Waals surface area contributed by atoms with Crippen molar-refractivity contribution >= 4 is 28.2 Å². The first-order valence-electron chi connectivity index (χ1n) is 11.0. The molecule has 0 atom stereocenters. The molecule has 0 radical (unpaired) electrons. The van der Waals surface area contributed by atoms with Crippen LogP contribution in [0, 0.1) is 6.92 Å². The highest BCUT2D eigenvalue weighted by Gasteiger charge is 2.23. The van der Waals surface area contributed by atoms with E-state index in [0.29, 0.717) is 40.7 Å². The molecule has 2 aromatic carbocycles. The Labute approximate surface area is 203 Å². The van der Waals surface area contributed by atoms with Crippen molar-refractivity contribution in [1.82, 2.24) is 0 Å². The van der Waals surface area contributed by atoms with Crippen molar-refractivity contribution in [3.8, 4) is 28.4 Å². The van der Waals surface area contributed by atoms with E-state index in [1.165, 1.54) is 11.3 Å². The highest BCUT2D eigenvalue weighted by atomic mass is 32.1. The zero-order chi connectivity index (χ0) is 24.5. The van der Waals surface area contributed by atoms with Gasteiger partial charge in [0.15, 0.2) is 11.5 Å². The van der Waals surface area contributed by atoms with Gasteiger partial charge in [0.25, 0.3) is 0 Å². The van der Waals surface area contributed by atoms with Crippen LogP contribution in [-0.4, -0.2) is 39.3 Å². The number of thiophene rings is 1. The summed E-state index contributed by atoms with van der Waals surface area (Å²) in [5.41, 5.74) is 2.89. The summed E-state index contributed by atoms with van der Waals surface area (Å²) in [6, 6.07) is 13.2. The predicted octanol–water partition coefficient (Wildman–Crippen LogP) is 5.72. The Hall–Kier alpha value is -3.52. The fraction of sp³-hybridized carbons (Fsp3) is 0.308. The van der Waals surface area contributed by atoms with Crippen molar-refractivity contribution in [3.63, 3.8) is 0 Å². The summed E-state index contributed by atoms with van der Waals surface area (Å²) >= 11 is 1.28. The van der Waals surface area contributed by atoms with Crippen LogP contribution in [0.2, 0.25) is 0 Å². The van der Waals surface area contributed by atoms with E-state index in [-0.39, 0.29) is 18.9 Å². The van der Waals surface area contributed by atoms with E-state index in [2.05, 4.69) is 5.32 Å². The van der Waals surface area contributed by atoms with Crippen LogP contribution in [-0.2, 0) is 9.53 Å². The van der Waals surface area contributed by atoms with E-state index in [0.717, 1.165) is 16.9 Å². The number of aryl methyl sites for hydroxylation is 1. The van der Waals surface area contributed by atoms with Crippen molar-refractivity contribution in [2.24, 2.45) is 0 Å². The SMILES string of the molecule is CCOC(=O)c1c(-c2ccc(OC)c(OC)c2)csc1NC(=O)CCCOc1ccc(C)cc1. The van der Waals surface area contributed by atoms with Gasteiger partial charge in [-0.05, 0) is 50.1 Å². The molecule has 0 aliphatic rings. The summed E-state index contributed by atoms with van der Waals surface area (Å²) in [7, 11) is 3.11. The van der Waals surface area contributed by atoms with Crippen molar-refractivity contribution < 1.29 is 28.5 Å². The van der Waals surface area contributed by atoms with E-state index in [1.54, 1.807) is 33.3 Å². The third kappa shape index (κ3) is 6.29. The molecule has 0 saturated carbocycles. The maximum atomic E-state index is 12.8. The molecule has 3 rings (SSSR count). The summed E-state index contributed by atoms with van der Waals surface area (Å²) in [6.45, 7) is 4.40. The fourth-order valence-corrected chi connectivity index (χ4v) is 4.29. The number of carbonyl (C=O) groups is 2. The van der Waals surface area contributed by atoms with Gasteiger partial charge in [0.1, 0.15) is 16.3 Å². The number of carbonyl (C=O) groups excluding carboxylic acids is 2. The summed E-state index contributed by atoms with van der Waals surface area (Å²) in [4.78, 5) is 25.4. The average molecular weight is 484 g/mol. The second-order valence-corrected chi connectivity index (χ2v) is 8.34. The first kappa shape index (κ1) is 25.1. The van der Waals surface area contributed by atoms with Gasteiger partial charge in [-0.25, -0.2) is 4.79 Å². The Bertz CT molecular complexity index is 1120. The van der Waals surface area contributed by atoms with Gasteiger partial charge in [-0.1, -0.05) is 23.8 Å². The van der Waals surface area contributed by atoms with Gasteiger partial charge < -0.3 is 24.3 Å². The van der Waals surface area contributed by atoms with E-state index in [9.17, 15) is 9.59 Å². The number of anilines is 1. The molecule has 0 aliphatic carbocycles. The van der Waals surface area contributed by atoms with Crippen molar-refractivity contribution in [2.45, 2.75) is 26.7 Å². The molecule has 34 heavy (non-hydrogen) atoms. The summed E-state index contributed by atoms with van der Waals surface area (Å²) in [5.74, 6) is 1.21. The maximum absolute atomic E-state index is 12.8. The number of hydrogen-bond acceptors (Lipinski definition) is 7. The molecule has 0 spiro atoms. The van der Waals surface area contributed by atoms with Gasteiger partial charge in [-0.15, -0.1) is 11.3 Å². The number of nitrogens with one attached hydrogen (secondary N) is 1. The van der Waals surface area contributed by atoms with Crippen LogP contribution in [0.15, 0.2) is 47.8 Å². The minimum atomic E-state index is -0.494. The second-order valence-electron chi connectivity index (χ2n) is 7.46. The molecule has 180 valence electrons. The van der Waals surface area contributed by atoms with Crippen molar-refractivity contribution in [1.29, 1.82) is 0 Å². The lowest BCUT2D eigenvalue weighted by atomic mass is 10.0. The predicted molar refractivity (Wildman–Crippen MR) is 133 cm³/mol. The topological polar surface area (TPSA) is 83.1 Å². The van der Waals surface area contributed by atoms with Gasteiger partial charge >= 0.3 is 5.97 Å². The quantitative estimate of drug-likeness (QED) is 0.278. The number of esters is 1. The number of benzene rings is 2. The fourth-order valence-electron chi connectivity index (χ4n) is 3.32. The zero-order valence-corrected chi connectivity index (χ0v) is 20.6. The van der Waals surface area contributed by atoms with E-state index < -0.39 is 5.97 Å². The van der Waals surface area contributed by atoms with Gasteiger partial charge in [0.05, 0.1) is 27.4 Å². The molecule has 0 fully saturated rings. The lowest BCUT2D eigenvalue weighted by molar-refractivity contribution is -0.116. The third-order valence-electron chi connectivity index (χ3n) is 5.06. The normalized spacial score (nSPS) is 10.5. The molecule has 0 aliphatic heterocycles. The molecule has 1 heterocycles. The number of methoxy groups -OCH3 is 2. The largest absolute Gasteiger partial charge is 0.494 e. The van der Waals surface area contributed by atoms with E-state index in [4.69, 9.17) is 18.9 Å². The number of amides is 1. The van der Waals surface area contributed by atoms with Crippen molar-refractivity contribution in [3.05, 3.63) is 59.0 Å². The van der Waals surface area contributed by atoms with Gasteiger partial charge in [-0.2, -0.15) is 0 Å². The number of rotatable bonds is 11. The zero-order valence-electron chi connectivity index (χ0n) is 19.8. The monoisotopic (exact) mass is 483 g/mol. The minimum absolute atomic E-state index is 0.196. The minimum Gasteiger partial charge on any atom is -0.494 e. The molecule has 7 nitrogen and oxygen atoms in total. The third-order valence-corrected chi connectivity index (χ3v) is 5.95. The molecule has 0 saturated heterocycles. The summed E-state index contributed by atoms with van der Waals surface area (Å²) < 4.78 is 21.6. The Morgan fingerprint density at radius 2 is 1.74 bits per heavy atom. The van der Waals surface area contributed by atoms with Crippen LogP contribution in [0.3, 0.4) is 0 Å². The van der Waals surface area contributed by atoms with Crippen molar-refractivity contribution in [2.75, 3.05) is 32.8 Å².